The summed E-state index contributed by atoms with van der Waals surface area (Å²) >= 11 is 7.16. The average molecular weight is 229 g/mol. The predicted molar refractivity (Wildman–Crippen MR) is 57.9 cm³/mol. The van der Waals surface area contributed by atoms with Crippen molar-refractivity contribution in [2.45, 2.75) is 0 Å². The first kappa shape index (κ1) is 9.23. The van der Waals surface area contributed by atoms with Gasteiger partial charge in [-0.25, -0.2) is 0 Å². The first-order chi connectivity index (χ1) is 6.61. The number of fused-ring (bicyclic) bond motifs is 1. The van der Waals surface area contributed by atoms with Crippen molar-refractivity contribution in [3.63, 3.8) is 0 Å². The van der Waals surface area contributed by atoms with Crippen molar-refractivity contribution in [3.05, 3.63) is 32.6 Å². The van der Waals surface area contributed by atoms with Crippen molar-refractivity contribution in [3.8, 4) is 0 Å². The van der Waals surface area contributed by atoms with Gasteiger partial charge in [0.1, 0.15) is 5.02 Å². The van der Waals surface area contributed by atoms with Crippen molar-refractivity contribution in [2.24, 2.45) is 0 Å². The summed E-state index contributed by atoms with van der Waals surface area (Å²) in [7, 11) is 0. The summed E-state index contributed by atoms with van der Waals surface area (Å²) in [5.41, 5.74) is 5.81. The minimum Gasteiger partial charge on any atom is -0.397 e. The van der Waals surface area contributed by atoms with Gasteiger partial charge in [-0.1, -0.05) is 11.6 Å². The Labute approximate surface area is 88.0 Å². The van der Waals surface area contributed by atoms with E-state index < -0.39 is 4.92 Å². The van der Waals surface area contributed by atoms with Crippen molar-refractivity contribution in [1.29, 1.82) is 0 Å². The number of halogens is 1. The Morgan fingerprint density at radius 3 is 2.93 bits per heavy atom. The summed E-state index contributed by atoms with van der Waals surface area (Å²) in [6, 6.07) is 3.24. The fraction of sp³-hybridized carbons (Fsp3) is 0. The summed E-state index contributed by atoms with van der Waals surface area (Å²) in [6.45, 7) is 0. The molecule has 14 heavy (non-hydrogen) atoms. The van der Waals surface area contributed by atoms with Crippen molar-refractivity contribution >= 4 is 44.4 Å². The number of thiophene rings is 1. The Morgan fingerprint density at radius 2 is 2.29 bits per heavy atom. The van der Waals surface area contributed by atoms with Gasteiger partial charge in [-0.15, -0.1) is 11.3 Å². The van der Waals surface area contributed by atoms with E-state index in [1.54, 1.807) is 6.07 Å². The van der Waals surface area contributed by atoms with Crippen LogP contribution in [0.3, 0.4) is 0 Å². The molecule has 2 N–H and O–H groups in total. The van der Waals surface area contributed by atoms with Crippen molar-refractivity contribution < 1.29 is 4.92 Å². The SMILES string of the molecule is Nc1c(Cl)c([N+](=O)[O-])cc2sccc12. The number of nitro benzene ring substituents is 1. The maximum absolute atomic E-state index is 10.6. The predicted octanol–water partition coefficient (Wildman–Crippen LogP) is 3.05. The maximum atomic E-state index is 10.6. The smallest absolute Gasteiger partial charge is 0.291 e. The fourth-order valence-corrected chi connectivity index (χ4v) is 2.29. The number of benzene rings is 1. The first-order valence-corrected chi connectivity index (χ1v) is 4.96. The van der Waals surface area contributed by atoms with Gasteiger partial charge < -0.3 is 5.73 Å². The first-order valence-electron chi connectivity index (χ1n) is 3.71. The molecule has 1 heterocycles. The molecule has 0 saturated heterocycles. The monoisotopic (exact) mass is 228 g/mol. The Morgan fingerprint density at radius 1 is 1.57 bits per heavy atom. The van der Waals surface area contributed by atoms with Gasteiger partial charge >= 0.3 is 0 Å². The average Bonchev–Trinajstić information content (AvgIpc) is 2.58. The molecular formula is C8H5ClN2O2S. The molecule has 72 valence electrons. The van der Waals surface area contributed by atoms with E-state index >= 15 is 0 Å². The van der Waals surface area contributed by atoms with Crippen LogP contribution < -0.4 is 5.73 Å². The van der Waals surface area contributed by atoms with Crippen LogP contribution in [0.1, 0.15) is 0 Å². The molecule has 0 spiro atoms. The number of hydrogen-bond acceptors (Lipinski definition) is 4. The highest BCUT2D eigenvalue weighted by Crippen LogP contribution is 2.38. The molecular weight excluding hydrogens is 224 g/mol. The number of nitrogen functional groups attached to an aromatic ring is 1. The van der Waals surface area contributed by atoms with Crippen LogP contribution in [-0.4, -0.2) is 4.92 Å². The Balaban J connectivity index is 2.87. The minimum atomic E-state index is -0.530. The lowest BCUT2D eigenvalue weighted by Crippen LogP contribution is -1.93. The normalized spacial score (nSPS) is 10.6. The largest absolute Gasteiger partial charge is 0.397 e. The van der Waals surface area contributed by atoms with E-state index in [4.69, 9.17) is 17.3 Å². The summed E-state index contributed by atoms with van der Waals surface area (Å²) < 4.78 is 0.776. The van der Waals surface area contributed by atoms with Gasteiger partial charge in [-0.3, -0.25) is 10.1 Å². The van der Waals surface area contributed by atoms with Crippen LogP contribution in [0.4, 0.5) is 11.4 Å². The third kappa shape index (κ3) is 1.21. The molecule has 0 saturated carbocycles. The van der Waals surface area contributed by atoms with Gasteiger partial charge in [-0.2, -0.15) is 0 Å². The quantitative estimate of drug-likeness (QED) is 0.463. The molecule has 2 aromatic rings. The van der Waals surface area contributed by atoms with Gasteiger partial charge in [0.15, 0.2) is 0 Å². The highest BCUT2D eigenvalue weighted by Gasteiger charge is 2.18. The van der Waals surface area contributed by atoms with E-state index in [0.717, 1.165) is 10.1 Å². The van der Waals surface area contributed by atoms with Crippen LogP contribution >= 0.6 is 22.9 Å². The molecule has 0 amide bonds. The van der Waals surface area contributed by atoms with Crippen LogP contribution in [0.15, 0.2) is 17.5 Å². The van der Waals surface area contributed by atoms with E-state index in [2.05, 4.69) is 0 Å². The van der Waals surface area contributed by atoms with E-state index in [0.29, 0.717) is 0 Å². The third-order valence-electron chi connectivity index (χ3n) is 1.91. The summed E-state index contributed by atoms with van der Waals surface area (Å²) in [4.78, 5) is 10.1. The molecule has 4 nitrogen and oxygen atoms in total. The molecule has 1 aromatic carbocycles. The van der Waals surface area contributed by atoms with Gasteiger partial charge in [-0.05, 0) is 11.4 Å². The summed E-state index contributed by atoms with van der Waals surface area (Å²) in [6.07, 6.45) is 0. The minimum absolute atomic E-state index is 0.0147. The number of hydrogen-bond donors (Lipinski definition) is 1. The number of nitro groups is 1. The van der Waals surface area contributed by atoms with Crippen LogP contribution in [0.2, 0.25) is 5.02 Å². The fourth-order valence-electron chi connectivity index (χ4n) is 1.23. The lowest BCUT2D eigenvalue weighted by Gasteiger charge is -2.00. The standard InChI is InChI=1S/C8H5ClN2O2S/c9-7-5(11(12)13)3-6-4(8(7)10)1-2-14-6/h1-3H,10H2. The van der Waals surface area contributed by atoms with Gasteiger partial charge in [0.25, 0.3) is 5.69 Å². The lowest BCUT2D eigenvalue weighted by molar-refractivity contribution is -0.384. The zero-order chi connectivity index (χ0) is 10.3. The Hall–Kier alpha value is -1.33. The molecule has 2 rings (SSSR count). The second-order valence-electron chi connectivity index (χ2n) is 2.71. The highest BCUT2D eigenvalue weighted by atomic mass is 35.5. The van der Waals surface area contributed by atoms with E-state index in [1.165, 1.54) is 17.4 Å². The second kappa shape index (κ2) is 3.11. The Bertz CT molecular complexity index is 523. The van der Waals surface area contributed by atoms with Gasteiger partial charge in [0, 0.05) is 16.2 Å². The third-order valence-corrected chi connectivity index (χ3v) is 3.17. The van der Waals surface area contributed by atoms with E-state index in [9.17, 15) is 10.1 Å². The van der Waals surface area contributed by atoms with Crippen LogP contribution in [0.5, 0.6) is 0 Å². The molecule has 1 aromatic heterocycles. The number of rotatable bonds is 1. The zero-order valence-corrected chi connectivity index (χ0v) is 8.43. The molecule has 0 fully saturated rings. The topological polar surface area (TPSA) is 69.2 Å². The molecule has 0 unspecified atom stereocenters. The Kier molecular flexibility index (Phi) is 2.05. The molecule has 6 heteroatoms. The van der Waals surface area contributed by atoms with Crippen molar-refractivity contribution in [2.75, 3.05) is 5.73 Å². The second-order valence-corrected chi connectivity index (χ2v) is 4.04. The maximum Gasteiger partial charge on any atom is 0.291 e. The highest BCUT2D eigenvalue weighted by molar-refractivity contribution is 7.17. The van der Waals surface area contributed by atoms with Crippen molar-refractivity contribution in [1.82, 2.24) is 0 Å². The molecule has 0 aliphatic carbocycles. The molecule has 0 aliphatic heterocycles. The van der Waals surface area contributed by atoms with E-state index in [-0.39, 0.29) is 16.4 Å². The van der Waals surface area contributed by atoms with Gasteiger partial charge in [0.2, 0.25) is 0 Å². The van der Waals surface area contributed by atoms with Gasteiger partial charge in [0.05, 0.1) is 10.6 Å². The lowest BCUT2D eigenvalue weighted by atomic mass is 10.2. The van der Waals surface area contributed by atoms with Crippen LogP contribution in [0, 0.1) is 10.1 Å². The molecule has 0 radical (unpaired) electrons. The van der Waals surface area contributed by atoms with Crippen LogP contribution in [-0.2, 0) is 0 Å². The van der Waals surface area contributed by atoms with Crippen LogP contribution in [0.25, 0.3) is 10.1 Å². The number of nitrogens with two attached hydrogens (primary N) is 1. The number of nitrogens with zero attached hydrogens (tertiary/aromatic N) is 1. The molecule has 0 bridgehead atoms. The molecule has 0 aliphatic rings. The zero-order valence-electron chi connectivity index (χ0n) is 6.86. The summed E-state index contributed by atoms with van der Waals surface area (Å²) in [5, 5.41) is 13.2. The number of anilines is 1. The molecule has 0 atom stereocenters. The van der Waals surface area contributed by atoms with E-state index in [1.807, 2.05) is 5.38 Å². The summed E-state index contributed by atoms with van der Waals surface area (Å²) in [5.74, 6) is 0.